The maximum atomic E-state index is 14.0. The second-order valence-corrected chi connectivity index (χ2v) is 9.46. The van der Waals surface area contributed by atoms with E-state index in [2.05, 4.69) is 21.8 Å². The molecular weight excluding hydrogens is 508 g/mol. The molecule has 4 aromatic heterocycles. The number of nitrogens with zero attached hydrogens (tertiary/aromatic N) is 9. The number of fused-ring (bicyclic) bond motifs is 1. The van der Waals surface area contributed by atoms with Gasteiger partial charge in [0.15, 0.2) is 11.2 Å². The zero-order valence-corrected chi connectivity index (χ0v) is 21.9. The molecule has 0 aliphatic carbocycles. The molecule has 1 aliphatic heterocycles. The Balaban J connectivity index is 1.77. The highest BCUT2D eigenvalue weighted by molar-refractivity contribution is 5.75. The van der Waals surface area contributed by atoms with E-state index in [9.17, 15) is 20.1 Å². The summed E-state index contributed by atoms with van der Waals surface area (Å²) in [6.45, 7) is 2.98. The highest BCUT2D eigenvalue weighted by atomic mass is 16.2. The van der Waals surface area contributed by atoms with E-state index in [0.29, 0.717) is 30.4 Å². The molecule has 4 aromatic rings. The largest absolute Gasteiger partial charge is 0.341 e. The summed E-state index contributed by atoms with van der Waals surface area (Å²) in [5, 5.41) is 18.6. The lowest BCUT2D eigenvalue weighted by molar-refractivity contribution is 0.496. The second kappa shape index (κ2) is 11.2. The van der Waals surface area contributed by atoms with Gasteiger partial charge in [0.2, 0.25) is 5.95 Å². The Bertz CT molecular complexity index is 1860. The van der Waals surface area contributed by atoms with Gasteiger partial charge >= 0.3 is 5.69 Å². The highest BCUT2D eigenvalue weighted by Gasteiger charge is 2.27. The van der Waals surface area contributed by atoms with Crippen LogP contribution in [-0.4, -0.2) is 47.8 Å². The molecule has 0 radical (unpaired) electrons. The average Bonchev–Trinajstić information content (AvgIpc) is 3.36. The van der Waals surface area contributed by atoms with Gasteiger partial charge in [-0.25, -0.2) is 14.8 Å². The number of aromatic nitrogens is 6. The van der Waals surface area contributed by atoms with E-state index in [0.717, 1.165) is 17.4 Å². The SMILES string of the molecule is CC#CCn1c(N2CCC[C@@H](N)C2)nc2c1c(=O)n(Cc1cccc(C#N)n1)c(=O)n2Cc1cccc(C#N)n1. The smallest absolute Gasteiger partial charge is 0.333 e. The monoisotopic (exact) mass is 534 g/mol. The number of imidazole rings is 1. The van der Waals surface area contributed by atoms with Crippen LogP contribution < -0.4 is 21.9 Å². The standard InChI is InChI=1S/C28H26N10O2/c1-2-3-13-36-24-25(34-27(36)35-12-6-7-19(31)16-35)37(17-22-10-4-8-20(14-29)32-22)28(40)38(26(24)39)18-23-11-5-9-21(15-30)33-23/h4-5,8-11,19H,6-7,12-13,16-18,31H2,1H3/t19-/m1/s1. The third kappa shape index (κ3) is 5.06. The molecule has 5 rings (SSSR count). The molecule has 0 saturated carbocycles. The first kappa shape index (κ1) is 26.4. The molecule has 1 saturated heterocycles. The van der Waals surface area contributed by atoms with Gasteiger partial charge in [0.05, 0.1) is 31.0 Å². The lowest BCUT2D eigenvalue weighted by Gasteiger charge is -2.31. The second-order valence-electron chi connectivity index (χ2n) is 9.46. The zero-order chi connectivity index (χ0) is 28.2. The van der Waals surface area contributed by atoms with Gasteiger partial charge in [0.25, 0.3) is 5.56 Å². The number of nitrogens with two attached hydrogens (primary N) is 1. The van der Waals surface area contributed by atoms with Crippen molar-refractivity contribution < 1.29 is 0 Å². The Morgan fingerprint density at radius 3 is 2.20 bits per heavy atom. The van der Waals surface area contributed by atoms with Crippen LogP contribution in [-0.2, 0) is 19.6 Å². The summed E-state index contributed by atoms with van der Waals surface area (Å²) in [6, 6.07) is 13.8. The molecule has 0 bridgehead atoms. The van der Waals surface area contributed by atoms with Gasteiger partial charge in [-0.05, 0) is 44.0 Å². The van der Waals surface area contributed by atoms with Crippen molar-refractivity contribution in [1.29, 1.82) is 10.5 Å². The maximum absolute atomic E-state index is 14.0. The molecule has 0 unspecified atom stereocenters. The van der Waals surface area contributed by atoms with Crippen molar-refractivity contribution in [2.75, 3.05) is 18.0 Å². The number of pyridine rings is 2. The minimum absolute atomic E-state index is 0.0216. The minimum atomic E-state index is -0.612. The van der Waals surface area contributed by atoms with Gasteiger partial charge in [-0.1, -0.05) is 18.1 Å². The fraction of sp³-hybridized carbons (Fsp3) is 0.321. The number of piperidine rings is 1. The third-order valence-electron chi connectivity index (χ3n) is 6.73. The van der Waals surface area contributed by atoms with Crippen LogP contribution in [0.2, 0.25) is 0 Å². The van der Waals surface area contributed by atoms with E-state index in [-0.39, 0.29) is 48.2 Å². The van der Waals surface area contributed by atoms with Crippen LogP contribution in [0.3, 0.4) is 0 Å². The number of hydrogen-bond donors (Lipinski definition) is 1. The van der Waals surface area contributed by atoms with E-state index < -0.39 is 11.2 Å². The van der Waals surface area contributed by atoms with E-state index >= 15 is 0 Å². The first-order chi connectivity index (χ1) is 19.4. The van der Waals surface area contributed by atoms with Gasteiger partial charge in [0, 0.05) is 19.1 Å². The molecule has 200 valence electrons. The summed E-state index contributed by atoms with van der Waals surface area (Å²) in [5.74, 6) is 6.41. The quantitative estimate of drug-likeness (QED) is 0.354. The van der Waals surface area contributed by atoms with E-state index in [1.54, 1.807) is 47.9 Å². The molecule has 1 fully saturated rings. The molecule has 12 heteroatoms. The predicted molar refractivity (Wildman–Crippen MR) is 147 cm³/mol. The molecule has 12 nitrogen and oxygen atoms in total. The van der Waals surface area contributed by atoms with Crippen LogP contribution in [0.4, 0.5) is 5.95 Å². The van der Waals surface area contributed by atoms with Crippen LogP contribution in [0.5, 0.6) is 0 Å². The first-order valence-corrected chi connectivity index (χ1v) is 12.8. The summed E-state index contributed by atoms with van der Waals surface area (Å²) in [7, 11) is 0. The van der Waals surface area contributed by atoms with Crippen molar-refractivity contribution in [2.45, 2.75) is 45.4 Å². The lowest BCUT2D eigenvalue weighted by atomic mass is 10.1. The number of nitriles is 2. The van der Waals surface area contributed by atoms with Crippen molar-refractivity contribution in [3.63, 3.8) is 0 Å². The molecule has 0 amide bonds. The summed E-state index contributed by atoms with van der Waals surface area (Å²) < 4.78 is 4.21. The van der Waals surface area contributed by atoms with Crippen molar-refractivity contribution in [1.82, 2.24) is 28.7 Å². The van der Waals surface area contributed by atoms with Crippen molar-refractivity contribution in [3.8, 4) is 24.0 Å². The van der Waals surface area contributed by atoms with Crippen LogP contribution in [0, 0.1) is 34.5 Å². The summed E-state index contributed by atoms with van der Waals surface area (Å²) in [6.07, 6.45) is 1.76. The minimum Gasteiger partial charge on any atom is -0.341 e. The molecule has 0 aromatic carbocycles. The number of hydrogen-bond acceptors (Lipinski definition) is 9. The van der Waals surface area contributed by atoms with E-state index in [1.807, 2.05) is 17.0 Å². The van der Waals surface area contributed by atoms with Gasteiger partial charge < -0.3 is 10.6 Å². The lowest BCUT2D eigenvalue weighted by Crippen LogP contribution is -2.44. The highest BCUT2D eigenvalue weighted by Crippen LogP contribution is 2.23. The molecule has 2 N–H and O–H groups in total. The number of rotatable bonds is 6. The molecule has 1 atom stereocenters. The normalized spacial score (nSPS) is 14.8. The Morgan fingerprint density at radius 1 is 0.950 bits per heavy atom. The zero-order valence-electron chi connectivity index (χ0n) is 21.9. The van der Waals surface area contributed by atoms with Crippen LogP contribution in [0.25, 0.3) is 11.2 Å². The molecule has 1 aliphatic rings. The fourth-order valence-corrected chi connectivity index (χ4v) is 4.89. The van der Waals surface area contributed by atoms with E-state index in [4.69, 9.17) is 10.7 Å². The Morgan fingerprint density at radius 2 is 1.60 bits per heavy atom. The van der Waals surface area contributed by atoms with E-state index in [1.165, 1.54) is 4.57 Å². The topological polar surface area (TPSA) is 164 Å². The summed E-state index contributed by atoms with van der Waals surface area (Å²) in [4.78, 5) is 43.4. The maximum Gasteiger partial charge on any atom is 0.333 e. The summed E-state index contributed by atoms with van der Waals surface area (Å²) in [5.41, 5.74) is 6.74. The molecule has 0 spiro atoms. The van der Waals surface area contributed by atoms with Gasteiger partial charge in [-0.2, -0.15) is 15.5 Å². The van der Waals surface area contributed by atoms with Gasteiger partial charge in [-0.15, -0.1) is 5.92 Å². The van der Waals surface area contributed by atoms with Crippen molar-refractivity contribution in [3.05, 3.63) is 80.0 Å². The predicted octanol–water partition coefficient (Wildman–Crippen LogP) is 0.940. The summed E-state index contributed by atoms with van der Waals surface area (Å²) >= 11 is 0. The van der Waals surface area contributed by atoms with Crippen molar-refractivity contribution >= 4 is 17.1 Å². The van der Waals surface area contributed by atoms with Gasteiger partial charge in [-0.3, -0.25) is 18.5 Å². The number of anilines is 1. The van der Waals surface area contributed by atoms with Gasteiger partial charge in [0.1, 0.15) is 23.5 Å². The molecule has 40 heavy (non-hydrogen) atoms. The fourth-order valence-electron chi connectivity index (χ4n) is 4.89. The molecule has 5 heterocycles. The van der Waals surface area contributed by atoms with Crippen molar-refractivity contribution in [2.24, 2.45) is 5.73 Å². The Kier molecular flexibility index (Phi) is 7.41. The molecular formula is C28H26N10O2. The third-order valence-corrected chi connectivity index (χ3v) is 6.73. The Hall–Kier alpha value is -5.25. The van der Waals surface area contributed by atoms with Crippen LogP contribution in [0.15, 0.2) is 46.0 Å². The average molecular weight is 535 g/mol. The first-order valence-electron chi connectivity index (χ1n) is 12.8. The Labute approximate surface area is 229 Å². The van der Waals surface area contributed by atoms with Crippen LogP contribution >= 0.6 is 0 Å². The van der Waals surface area contributed by atoms with Crippen LogP contribution in [0.1, 0.15) is 42.5 Å².